The van der Waals surface area contributed by atoms with Crippen LogP contribution in [0.25, 0.3) is 0 Å². The van der Waals surface area contributed by atoms with Crippen LogP contribution in [0.15, 0.2) is 41.0 Å². The van der Waals surface area contributed by atoms with Crippen molar-refractivity contribution >= 4 is 24.3 Å². The zero-order valence-corrected chi connectivity index (χ0v) is 13.9. The Labute approximate surface area is 145 Å². The van der Waals surface area contributed by atoms with Gasteiger partial charge in [-0.15, -0.1) is 12.4 Å². The number of furan rings is 1. The molecule has 0 aliphatic heterocycles. The molecule has 0 atom stereocenters. The number of halogens is 1. The Kier molecular flexibility index (Phi) is 7.81. The maximum Gasteiger partial charge on any atom is 0.343 e. The third-order valence-electron chi connectivity index (χ3n) is 3.05. The summed E-state index contributed by atoms with van der Waals surface area (Å²) in [6, 6.07) is 8.68. The lowest BCUT2D eigenvalue weighted by Gasteiger charge is -2.08. The normalized spacial score (nSPS) is 9.75. The second-order valence-electron chi connectivity index (χ2n) is 4.70. The highest BCUT2D eigenvalue weighted by Crippen LogP contribution is 2.14. The van der Waals surface area contributed by atoms with Crippen LogP contribution in [0, 0.1) is 0 Å². The van der Waals surface area contributed by atoms with E-state index in [2.05, 4.69) is 10.1 Å². The minimum Gasteiger partial charge on any atom is -0.482 e. The van der Waals surface area contributed by atoms with E-state index in [1.54, 1.807) is 24.3 Å². The molecule has 2 aromatic rings. The molecule has 0 radical (unpaired) electrons. The molecule has 1 aromatic carbocycles. The molecule has 0 spiro atoms. The summed E-state index contributed by atoms with van der Waals surface area (Å²) >= 11 is 0. The summed E-state index contributed by atoms with van der Waals surface area (Å²) in [7, 11) is 1.30. The van der Waals surface area contributed by atoms with E-state index in [4.69, 9.17) is 14.9 Å². The van der Waals surface area contributed by atoms with Crippen LogP contribution >= 0.6 is 12.4 Å². The van der Waals surface area contributed by atoms with Gasteiger partial charge in [-0.1, -0.05) is 12.1 Å². The van der Waals surface area contributed by atoms with Crippen LogP contribution in [0.4, 0.5) is 0 Å². The number of ether oxygens (including phenoxy) is 2. The summed E-state index contributed by atoms with van der Waals surface area (Å²) in [5, 5.41) is 2.77. The van der Waals surface area contributed by atoms with E-state index in [1.165, 1.54) is 13.4 Å². The van der Waals surface area contributed by atoms with Crippen molar-refractivity contribution < 1.29 is 23.5 Å². The first kappa shape index (κ1) is 19.5. The second-order valence-corrected chi connectivity index (χ2v) is 4.70. The van der Waals surface area contributed by atoms with Gasteiger partial charge in [0.05, 0.1) is 19.2 Å². The fraction of sp³-hybridized carbons (Fsp3) is 0.250. The highest BCUT2D eigenvalue weighted by molar-refractivity contribution is 5.93. The zero-order valence-electron chi connectivity index (χ0n) is 13.1. The van der Waals surface area contributed by atoms with Gasteiger partial charge in [-0.3, -0.25) is 4.79 Å². The Morgan fingerprint density at radius 1 is 1.29 bits per heavy atom. The number of esters is 1. The smallest absolute Gasteiger partial charge is 0.343 e. The van der Waals surface area contributed by atoms with Crippen LogP contribution in [-0.2, 0) is 22.6 Å². The van der Waals surface area contributed by atoms with E-state index in [0.717, 1.165) is 5.56 Å². The number of carbonyl (C=O) groups is 2. The van der Waals surface area contributed by atoms with Crippen molar-refractivity contribution in [1.29, 1.82) is 0 Å². The zero-order chi connectivity index (χ0) is 16.7. The van der Waals surface area contributed by atoms with Gasteiger partial charge in [0.15, 0.2) is 6.61 Å². The van der Waals surface area contributed by atoms with Crippen molar-refractivity contribution in [3.63, 3.8) is 0 Å². The topological polar surface area (TPSA) is 104 Å². The highest BCUT2D eigenvalue weighted by Gasteiger charge is 2.09. The Morgan fingerprint density at radius 2 is 2.08 bits per heavy atom. The largest absolute Gasteiger partial charge is 0.482 e. The van der Waals surface area contributed by atoms with Gasteiger partial charge in [0.25, 0.3) is 5.91 Å². The third kappa shape index (κ3) is 5.60. The van der Waals surface area contributed by atoms with Gasteiger partial charge >= 0.3 is 5.97 Å². The van der Waals surface area contributed by atoms with Gasteiger partial charge in [0.1, 0.15) is 17.8 Å². The van der Waals surface area contributed by atoms with Crippen LogP contribution in [0.3, 0.4) is 0 Å². The molecule has 2 rings (SSSR count). The first-order valence-corrected chi connectivity index (χ1v) is 6.96. The summed E-state index contributed by atoms with van der Waals surface area (Å²) in [6.07, 6.45) is 1.37. The molecule has 0 aliphatic carbocycles. The van der Waals surface area contributed by atoms with E-state index < -0.39 is 5.97 Å². The summed E-state index contributed by atoms with van der Waals surface area (Å²) in [5.41, 5.74) is 6.69. The molecule has 0 saturated heterocycles. The molecule has 0 unspecified atom stereocenters. The molecule has 0 bridgehead atoms. The number of methoxy groups -OCH3 is 1. The van der Waals surface area contributed by atoms with Crippen molar-refractivity contribution in [2.24, 2.45) is 5.73 Å². The molecule has 7 nitrogen and oxygen atoms in total. The minimum atomic E-state index is -0.459. The molecule has 0 aliphatic rings. The number of nitrogens with two attached hydrogens (primary N) is 1. The Hall–Kier alpha value is -2.51. The van der Waals surface area contributed by atoms with Crippen molar-refractivity contribution in [1.82, 2.24) is 5.32 Å². The van der Waals surface area contributed by atoms with E-state index in [-0.39, 0.29) is 31.5 Å². The van der Waals surface area contributed by atoms with Gasteiger partial charge in [0.2, 0.25) is 0 Å². The summed E-state index contributed by atoms with van der Waals surface area (Å²) in [6.45, 7) is 0.396. The summed E-state index contributed by atoms with van der Waals surface area (Å²) < 4.78 is 14.9. The maximum atomic E-state index is 12.0. The third-order valence-corrected chi connectivity index (χ3v) is 3.05. The molecule has 0 fully saturated rings. The first-order chi connectivity index (χ1) is 11.1. The van der Waals surface area contributed by atoms with Gasteiger partial charge in [0, 0.05) is 6.54 Å². The first-order valence-electron chi connectivity index (χ1n) is 6.96. The lowest BCUT2D eigenvalue weighted by atomic mass is 10.2. The molecular formula is C16H19ClN2O5. The average molecular weight is 355 g/mol. The number of rotatable bonds is 7. The average Bonchev–Trinajstić information content (AvgIpc) is 3.07. The summed E-state index contributed by atoms with van der Waals surface area (Å²) in [4.78, 5) is 23.0. The van der Waals surface area contributed by atoms with Crippen LogP contribution in [0.5, 0.6) is 5.75 Å². The number of amides is 1. The predicted octanol–water partition coefficient (Wildman–Crippen LogP) is 1.64. The molecule has 0 saturated carbocycles. The SMILES string of the molecule is COC(=O)COc1cccc(CNC(=O)c2coc(CN)c2)c1.Cl. The standard InChI is InChI=1S/C16H18N2O5.ClH/c1-21-15(19)10-23-13-4-2-3-11(5-13)8-18-16(20)12-6-14(7-17)22-9-12;/h2-6,9H,7-8,10,17H2,1H3,(H,18,20);1H. The van der Waals surface area contributed by atoms with Crippen molar-refractivity contribution in [3.05, 3.63) is 53.5 Å². The van der Waals surface area contributed by atoms with Gasteiger partial charge in [-0.2, -0.15) is 0 Å². The van der Waals surface area contributed by atoms with E-state index in [0.29, 0.717) is 23.6 Å². The van der Waals surface area contributed by atoms with Crippen molar-refractivity contribution in [3.8, 4) is 5.75 Å². The number of benzene rings is 1. The second kappa shape index (κ2) is 9.59. The van der Waals surface area contributed by atoms with Crippen LogP contribution in [-0.4, -0.2) is 25.6 Å². The number of hydrogen-bond acceptors (Lipinski definition) is 6. The van der Waals surface area contributed by atoms with E-state index in [1.807, 2.05) is 6.07 Å². The Bertz CT molecular complexity index is 687. The molecule has 1 amide bonds. The molecule has 24 heavy (non-hydrogen) atoms. The number of carbonyl (C=O) groups excluding carboxylic acids is 2. The van der Waals surface area contributed by atoms with E-state index in [9.17, 15) is 9.59 Å². The van der Waals surface area contributed by atoms with Gasteiger partial charge < -0.3 is 24.9 Å². The molecule has 8 heteroatoms. The van der Waals surface area contributed by atoms with Crippen molar-refractivity contribution in [2.75, 3.05) is 13.7 Å². The lowest BCUT2D eigenvalue weighted by Crippen LogP contribution is -2.22. The van der Waals surface area contributed by atoms with Gasteiger partial charge in [-0.25, -0.2) is 4.79 Å². The van der Waals surface area contributed by atoms with Crippen molar-refractivity contribution in [2.45, 2.75) is 13.1 Å². The van der Waals surface area contributed by atoms with Crippen LogP contribution < -0.4 is 15.8 Å². The number of nitrogens with one attached hydrogen (secondary N) is 1. The van der Waals surface area contributed by atoms with E-state index >= 15 is 0 Å². The fourth-order valence-electron chi connectivity index (χ4n) is 1.84. The van der Waals surface area contributed by atoms with Crippen LogP contribution in [0.1, 0.15) is 21.7 Å². The van der Waals surface area contributed by atoms with Crippen LogP contribution in [0.2, 0.25) is 0 Å². The Balaban J connectivity index is 0.00000288. The minimum absolute atomic E-state index is 0. The fourth-order valence-corrected chi connectivity index (χ4v) is 1.84. The lowest BCUT2D eigenvalue weighted by molar-refractivity contribution is -0.142. The quantitative estimate of drug-likeness (QED) is 0.732. The molecule has 1 aromatic heterocycles. The monoisotopic (exact) mass is 354 g/mol. The number of hydrogen-bond donors (Lipinski definition) is 2. The van der Waals surface area contributed by atoms with Gasteiger partial charge in [-0.05, 0) is 23.8 Å². The molecule has 3 N–H and O–H groups in total. The molecule has 130 valence electrons. The highest BCUT2D eigenvalue weighted by atomic mass is 35.5. The maximum absolute atomic E-state index is 12.0. The molecular weight excluding hydrogens is 336 g/mol. The predicted molar refractivity (Wildman–Crippen MR) is 89.0 cm³/mol. The Morgan fingerprint density at radius 3 is 2.75 bits per heavy atom. The summed E-state index contributed by atoms with van der Waals surface area (Å²) in [5.74, 6) is 0.359. The molecule has 1 heterocycles.